The topological polar surface area (TPSA) is 40.6 Å². The van der Waals surface area contributed by atoms with Crippen molar-refractivity contribution in [1.29, 1.82) is 0 Å². The van der Waals surface area contributed by atoms with Gasteiger partial charge in [-0.1, -0.05) is 74.9 Å². The Labute approximate surface area is 186 Å². The molecule has 1 saturated heterocycles. The molecule has 2 aliphatic heterocycles. The van der Waals surface area contributed by atoms with Crippen LogP contribution in [0.1, 0.15) is 74.2 Å². The molecule has 4 rings (SSSR count). The zero-order valence-electron chi connectivity index (χ0n) is 18.9. The number of amides is 2. The van der Waals surface area contributed by atoms with Crippen molar-refractivity contribution in [3.63, 3.8) is 0 Å². The van der Waals surface area contributed by atoms with E-state index in [-0.39, 0.29) is 17.9 Å². The van der Waals surface area contributed by atoms with Crippen molar-refractivity contribution < 1.29 is 9.59 Å². The fourth-order valence-electron chi connectivity index (χ4n) is 4.87. The highest BCUT2D eigenvalue weighted by Gasteiger charge is 2.41. The lowest BCUT2D eigenvalue weighted by atomic mass is 9.99. The van der Waals surface area contributed by atoms with Crippen LogP contribution in [0.2, 0.25) is 0 Å². The molecule has 4 nitrogen and oxygen atoms in total. The van der Waals surface area contributed by atoms with Gasteiger partial charge in [-0.3, -0.25) is 9.59 Å². The lowest BCUT2D eigenvalue weighted by molar-refractivity contribution is -0.122. The number of carbonyl (C=O) groups excluding carboxylic acids is 2. The number of nitrogens with zero attached hydrogens (tertiary/aromatic N) is 2. The number of rotatable bonds is 8. The zero-order chi connectivity index (χ0) is 21.8. The largest absolute Gasteiger partial charge is 0.327 e. The van der Waals surface area contributed by atoms with Gasteiger partial charge in [0.2, 0.25) is 5.91 Å². The molecule has 1 fully saturated rings. The summed E-state index contributed by atoms with van der Waals surface area (Å²) in [5.41, 5.74) is 4.79. The summed E-state index contributed by atoms with van der Waals surface area (Å²) in [6.45, 7) is 5.67. The van der Waals surface area contributed by atoms with Crippen molar-refractivity contribution in [3.8, 4) is 11.1 Å². The Morgan fingerprint density at radius 3 is 2.39 bits per heavy atom. The van der Waals surface area contributed by atoms with Crippen LogP contribution < -0.4 is 4.90 Å². The third kappa shape index (κ3) is 4.53. The maximum atomic E-state index is 13.4. The summed E-state index contributed by atoms with van der Waals surface area (Å²) in [6, 6.07) is 14.1. The number of benzene rings is 2. The molecule has 31 heavy (non-hydrogen) atoms. The number of unbranched alkanes of at least 4 members (excludes halogenated alkanes) is 5. The lowest BCUT2D eigenvalue weighted by Gasteiger charge is -2.26. The molecule has 0 N–H and O–H groups in total. The molecule has 4 heteroatoms. The average Bonchev–Trinajstić information content (AvgIpc) is 3.25. The summed E-state index contributed by atoms with van der Waals surface area (Å²) in [7, 11) is 0. The van der Waals surface area contributed by atoms with Gasteiger partial charge in [-0.2, -0.15) is 0 Å². The van der Waals surface area contributed by atoms with Crippen LogP contribution in [0.15, 0.2) is 42.5 Å². The molecule has 1 atom stereocenters. The average molecular weight is 419 g/mol. The number of fused-ring (bicyclic) bond motifs is 2. The van der Waals surface area contributed by atoms with Gasteiger partial charge in [-0.05, 0) is 49.4 Å². The summed E-state index contributed by atoms with van der Waals surface area (Å²) in [5, 5.41) is 0. The highest BCUT2D eigenvalue weighted by atomic mass is 16.2. The van der Waals surface area contributed by atoms with Crippen LogP contribution >= 0.6 is 0 Å². The van der Waals surface area contributed by atoms with E-state index in [1.165, 1.54) is 31.2 Å². The molecule has 0 unspecified atom stereocenters. The van der Waals surface area contributed by atoms with Gasteiger partial charge in [-0.25, -0.2) is 0 Å². The second-order valence-corrected chi connectivity index (χ2v) is 9.01. The van der Waals surface area contributed by atoms with Crippen LogP contribution in [0.5, 0.6) is 0 Å². The van der Waals surface area contributed by atoms with Gasteiger partial charge in [0.15, 0.2) is 0 Å². The van der Waals surface area contributed by atoms with Crippen LogP contribution in [-0.2, 0) is 4.79 Å². The van der Waals surface area contributed by atoms with E-state index < -0.39 is 0 Å². The zero-order valence-corrected chi connectivity index (χ0v) is 18.9. The predicted molar refractivity (Wildman–Crippen MR) is 126 cm³/mol. The van der Waals surface area contributed by atoms with E-state index in [0.717, 1.165) is 42.5 Å². The first kappa shape index (κ1) is 21.6. The van der Waals surface area contributed by atoms with Gasteiger partial charge < -0.3 is 9.80 Å². The molecule has 0 radical (unpaired) electrons. The Kier molecular flexibility index (Phi) is 6.74. The second-order valence-electron chi connectivity index (χ2n) is 9.01. The Morgan fingerprint density at radius 2 is 1.61 bits per heavy atom. The number of aryl methyl sites for hydroxylation is 1. The van der Waals surface area contributed by atoms with E-state index in [1.54, 1.807) is 4.90 Å². The molecule has 0 saturated carbocycles. The van der Waals surface area contributed by atoms with E-state index >= 15 is 0 Å². The molecule has 2 amide bonds. The van der Waals surface area contributed by atoms with Crippen molar-refractivity contribution in [1.82, 2.24) is 4.90 Å². The quantitative estimate of drug-likeness (QED) is 0.495. The summed E-state index contributed by atoms with van der Waals surface area (Å²) in [6.07, 6.45) is 8.77. The van der Waals surface area contributed by atoms with Crippen LogP contribution in [-0.4, -0.2) is 35.8 Å². The smallest absolute Gasteiger partial charge is 0.256 e. The lowest BCUT2D eigenvalue weighted by Crippen LogP contribution is -2.45. The van der Waals surface area contributed by atoms with Gasteiger partial charge >= 0.3 is 0 Å². The van der Waals surface area contributed by atoms with Gasteiger partial charge in [0, 0.05) is 13.1 Å². The Balaban J connectivity index is 1.63. The maximum Gasteiger partial charge on any atom is 0.256 e. The second kappa shape index (κ2) is 9.67. The molecule has 0 spiro atoms. The van der Waals surface area contributed by atoms with Crippen molar-refractivity contribution in [2.24, 2.45) is 0 Å². The van der Waals surface area contributed by atoms with Gasteiger partial charge in [0.1, 0.15) is 6.04 Å². The molecule has 2 aliphatic rings. The van der Waals surface area contributed by atoms with Crippen LogP contribution in [0, 0.1) is 6.92 Å². The molecule has 2 aromatic carbocycles. The van der Waals surface area contributed by atoms with E-state index in [2.05, 4.69) is 44.2 Å². The number of hydrogen-bond donors (Lipinski definition) is 0. The highest BCUT2D eigenvalue weighted by molar-refractivity contribution is 6.11. The first-order valence-corrected chi connectivity index (χ1v) is 11.9. The molecule has 0 aliphatic carbocycles. The minimum atomic E-state index is -0.303. The molecule has 2 heterocycles. The number of anilines is 1. The summed E-state index contributed by atoms with van der Waals surface area (Å²) >= 11 is 0. The summed E-state index contributed by atoms with van der Waals surface area (Å²) < 4.78 is 0. The van der Waals surface area contributed by atoms with Crippen LogP contribution in [0.3, 0.4) is 0 Å². The van der Waals surface area contributed by atoms with E-state index in [1.807, 2.05) is 17.0 Å². The predicted octanol–water partition coefficient (Wildman–Crippen LogP) is 5.97. The Morgan fingerprint density at radius 1 is 0.903 bits per heavy atom. The molecule has 0 bridgehead atoms. The minimum absolute atomic E-state index is 0.00487. The molecule has 164 valence electrons. The standard InChI is InChI=1S/C27H34N2O2/c1-3-4-5-6-7-8-17-28-24-16-15-22(21-13-11-20(2)12-14-21)19-23(24)26(30)29-18-9-10-25(29)27(28)31/h11-16,19,25H,3-10,17-18H2,1-2H3/t25-/m0/s1. The minimum Gasteiger partial charge on any atom is -0.327 e. The number of hydrogen-bond acceptors (Lipinski definition) is 2. The van der Waals surface area contributed by atoms with Gasteiger partial charge in [0.25, 0.3) is 5.91 Å². The van der Waals surface area contributed by atoms with Crippen molar-refractivity contribution in [2.75, 3.05) is 18.0 Å². The van der Waals surface area contributed by atoms with Crippen LogP contribution in [0.4, 0.5) is 5.69 Å². The van der Waals surface area contributed by atoms with E-state index in [4.69, 9.17) is 0 Å². The fourth-order valence-corrected chi connectivity index (χ4v) is 4.87. The van der Waals surface area contributed by atoms with Crippen molar-refractivity contribution in [3.05, 3.63) is 53.6 Å². The molecule has 0 aromatic heterocycles. The monoisotopic (exact) mass is 418 g/mol. The van der Waals surface area contributed by atoms with Gasteiger partial charge in [0.05, 0.1) is 11.3 Å². The van der Waals surface area contributed by atoms with Crippen molar-refractivity contribution in [2.45, 2.75) is 71.3 Å². The van der Waals surface area contributed by atoms with Crippen LogP contribution in [0.25, 0.3) is 11.1 Å². The van der Waals surface area contributed by atoms with Crippen molar-refractivity contribution >= 4 is 17.5 Å². The molecular formula is C27H34N2O2. The SMILES string of the molecule is CCCCCCCCN1C(=O)[C@@H]2CCCN2C(=O)c2cc(-c3ccc(C)cc3)ccc21. The summed E-state index contributed by atoms with van der Waals surface area (Å²) in [5.74, 6) is 0.103. The van der Waals surface area contributed by atoms with Gasteiger partial charge in [-0.15, -0.1) is 0 Å². The van der Waals surface area contributed by atoms with E-state index in [0.29, 0.717) is 18.7 Å². The normalized spacial score (nSPS) is 18.2. The van der Waals surface area contributed by atoms with E-state index in [9.17, 15) is 9.59 Å². The summed E-state index contributed by atoms with van der Waals surface area (Å²) in [4.78, 5) is 30.6. The molecular weight excluding hydrogens is 384 g/mol. The third-order valence-corrected chi connectivity index (χ3v) is 6.70. The molecule has 2 aromatic rings. The fraction of sp³-hybridized carbons (Fsp3) is 0.481. The Bertz CT molecular complexity index is 935. The first-order valence-electron chi connectivity index (χ1n) is 11.9. The first-order chi connectivity index (χ1) is 15.1. The third-order valence-electron chi connectivity index (χ3n) is 6.70. The highest BCUT2D eigenvalue weighted by Crippen LogP contribution is 2.35. The maximum absolute atomic E-state index is 13.4. The Hall–Kier alpha value is -2.62. The number of carbonyl (C=O) groups is 2.